The lowest BCUT2D eigenvalue weighted by atomic mass is 10.1. The zero-order valence-corrected chi connectivity index (χ0v) is 17.7. The molecule has 0 bridgehead atoms. The highest BCUT2D eigenvalue weighted by molar-refractivity contribution is 5.94. The summed E-state index contributed by atoms with van der Waals surface area (Å²) in [6.45, 7) is 5.47. The van der Waals surface area contributed by atoms with Gasteiger partial charge in [0.2, 0.25) is 0 Å². The van der Waals surface area contributed by atoms with Crippen molar-refractivity contribution in [2.45, 2.75) is 27.4 Å². The lowest BCUT2D eigenvalue weighted by molar-refractivity contribution is 0.101. The maximum Gasteiger partial charge on any atom is 0.161 e. The quantitative estimate of drug-likeness (QED) is 0.418. The highest BCUT2D eigenvalue weighted by atomic mass is 16.5. The van der Waals surface area contributed by atoms with E-state index in [1.807, 2.05) is 38.1 Å². The van der Waals surface area contributed by atoms with Gasteiger partial charge in [-0.05, 0) is 50.6 Å². The van der Waals surface area contributed by atoms with Gasteiger partial charge in [0.25, 0.3) is 0 Å². The van der Waals surface area contributed by atoms with Crippen LogP contribution >= 0.6 is 0 Å². The highest BCUT2D eigenvalue weighted by Gasteiger charge is 2.11. The number of Topliss-reactive ketones (excluding diaryl/α,β-unsaturated/α-hetero) is 1. The topological polar surface area (TPSA) is 87.8 Å². The van der Waals surface area contributed by atoms with E-state index in [0.717, 1.165) is 11.1 Å². The second kappa shape index (κ2) is 9.21. The number of nitrogens with zero attached hydrogens (tertiary/aromatic N) is 4. The Kier molecular flexibility index (Phi) is 6.46. The Morgan fingerprint density at radius 2 is 1.70 bits per heavy atom. The summed E-state index contributed by atoms with van der Waals surface area (Å²) in [5.74, 6) is 3.17. The molecule has 0 saturated heterocycles. The normalized spacial score (nSPS) is 11.0. The third-order valence-electron chi connectivity index (χ3n) is 4.54. The Balaban J connectivity index is 1.77. The minimum Gasteiger partial charge on any atom is -0.496 e. The van der Waals surface area contributed by atoms with E-state index in [-0.39, 0.29) is 12.4 Å². The number of carbonyl (C=O) groups excluding carboxylic acids is 1. The van der Waals surface area contributed by atoms with Crippen LogP contribution in [-0.4, -0.2) is 41.1 Å². The van der Waals surface area contributed by atoms with Gasteiger partial charge in [-0.3, -0.25) is 4.79 Å². The molecule has 8 nitrogen and oxygen atoms in total. The van der Waals surface area contributed by atoms with Gasteiger partial charge in [-0.2, -0.15) is 5.10 Å². The molecule has 156 valence electrons. The van der Waals surface area contributed by atoms with Gasteiger partial charge in [-0.15, -0.1) is 10.2 Å². The molecular formula is C22H24N4O4. The molecule has 3 aromatic rings. The fourth-order valence-electron chi connectivity index (χ4n) is 2.88. The van der Waals surface area contributed by atoms with E-state index in [2.05, 4.69) is 15.3 Å². The van der Waals surface area contributed by atoms with Gasteiger partial charge >= 0.3 is 0 Å². The number of hydrogen-bond acceptors (Lipinski definition) is 7. The van der Waals surface area contributed by atoms with Crippen molar-refractivity contribution in [1.82, 2.24) is 14.9 Å². The van der Waals surface area contributed by atoms with Gasteiger partial charge in [0.15, 0.2) is 28.9 Å². The maximum absolute atomic E-state index is 11.6. The Bertz CT molecular complexity index is 1070. The molecule has 0 aliphatic heterocycles. The van der Waals surface area contributed by atoms with Crippen molar-refractivity contribution >= 4 is 12.0 Å². The number of hydrogen-bond donors (Lipinski definition) is 0. The highest BCUT2D eigenvalue weighted by Crippen LogP contribution is 2.30. The number of ketones is 1. The van der Waals surface area contributed by atoms with Crippen molar-refractivity contribution in [3.05, 3.63) is 64.7 Å². The second-order valence-electron chi connectivity index (χ2n) is 6.63. The second-order valence-corrected chi connectivity index (χ2v) is 6.63. The molecule has 3 rings (SSSR count). The van der Waals surface area contributed by atoms with Crippen LogP contribution in [0.15, 0.2) is 41.5 Å². The van der Waals surface area contributed by atoms with Crippen molar-refractivity contribution in [3.8, 4) is 17.2 Å². The lowest BCUT2D eigenvalue weighted by Crippen LogP contribution is -2.02. The molecule has 0 saturated carbocycles. The SMILES string of the molecule is COc1cc(C(C)=O)ccc1COc1ccc(/C=N/n2c(C)nnc2C)cc1OC. The molecule has 1 aromatic heterocycles. The molecule has 0 aliphatic rings. The summed E-state index contributed by atoms with van der Waals surface area (Å²) in [7, 11) is 3.15. The van der Waals surface area contributed by atoms with E-state index in [1.54, 1.807) is 37.2 Å². The first-order valence-electron chi connectivity index (χ1n) is 9.34. The third kappa shape index (κ3) is 4.65. The number of rotatable bonds is 8. The van der Waals surface area contributed by atoms with Crippen molar-refractivity contribution < 1.29 is 19.0 Å². The van der Waals surface area contributed by atoms with Crippen molar-refractivity contribution in [2.75, 3.05) is 14.2 Å². The first kappa shape index (κ1) is 21.0. The van der Waals surface area contributed by atoms with E-state index < -0.39 is 0 Å². The monoisotopic (exact) mass is 408 g/mol. The van der Waals surface area contributed by atoms with Gasteiger partial charge in [0.1, 0.15) is 12.4 Å². The summed E-state index contributed by atoms with van der Waals surface area (Å²) in [6.07, 6.45) is 1.71. The van der Waals surface area contributed by atoms with Crippen LogP contribution in [0.25, 0.3) is 0 Å². The fraction of sp³-hybridized carbons (Fsp3) is 0.273. The van der Waals surface area contributed by atoms with Crippen LogP contribution < -0.4 is 14.2 Å². The first-order valence-corrected chi connectivity index (χ1v) is 9.34. The zero-order chi connectivity index (χ0) is 21.7. The van der Waals surface area contributed by atoms with Crippen LogP contribution in [-0.2, 0) is 6.61 Å². The summed E-state index contributed by atoms with van der Waals surface area (Å²) in [6, 6.07) is 10.8. The molecule has 0 atom stereocenters. The number of ether oxygens (including phenoxy) is 3. The molecule has 0 aliphatic carbocycles. The lowest BCUT2D eigenvalue weighted by Gasteiger charge is -2.14. The average molecular weight is 408 g/mol. The van der Waals surface area contributed by atoms with Crippen LogP contribution in [0, 0.1) is 13.8 Å². The average Bonchev–Trinajstić information content (AvgIpc) is 3.07. The van der Waals surface area contributed by atoms with Crippen LogP contribution in [0.5, 0.6) is 17.2 Å². The number of aromatic nitrogens is 3. The van der Waals surface area contributed by atoms with Crippen molar-refractivity contribution in [3.63, 3.8) is 0 Å². The van der Waals surface area contributed by atoms with Gasteiger partial charge < -0.3 is 14.2 Å². The van der Waals surface area contributed by atoms with Crippen LogP contribution in [0.4, 0.5) is 0 Å². The number of methoxy groups -OCH3 is 2. The Labute approximate surface area is 175 Å². The molecule has 0 radical (unpaired) electrons. The van der Waals surface area contributed by atoms with E-state index in [4.69, 9.17) is 14.2 Å². The summed E-state index contributed by atoms with van der Waals surface area (Å²) < 4.78 is 18.5. The van der Waals surface area contributed by atoms with Crippen LogP contribution in [0.1, 0.15) is 40.1 Å². The number of aryl methyl sites for hydroxylation is 2. The summed E-state index contributed by atoms with van der Waals surface area (Å²) >= 11 is 0. The number of benzene rings is 2. The molecule has 0 fully saturated rings. The van der Waals surface area contributed by atoms with Gasteiger partial charge in [0.05, 0.1) is 20.4 Å². The molecule has 2 aromatic carbocycles. The molecule has 0 amide bonds. The van der Waals surface area contributed by atoms with E-state index >= 15 is 0 Å². The molecule has 0 unspecified atom stereocenters. The van der Waals surface area contributed by atoms with Gasteiger partial charge in [-0.1, -0.05) is 12.1 Å². The number of carbonyl (C=O) groups is 1. The summed E-state index contributed by atoms with van der Waals surface area (Å²) in [5, 5.41) is 12.4. The van der Waals surface area contributed by atoms with Crippen molar-refractivity contribution in [1.29, 1.82) is 0 Å². The predicted molar refractivity (Wildman–Crippen MR) is 113 cm³/mol. The minimum atomic E-state index is -0.0171. The summed E-state index contributed by atoms with van der Waals surface area (Å²) in [4.78, 5) is 11.6. The molecule has 1 heterocycles. The van der Waals surface area contributed by atoms with Gasteiger partial charge in [0, 0.05) is 11.1 Å². The molecule has 8 heteroatoms. The van der Waals surface area contributed by atoms with E-state index in [0.29, 0.717) is 34.5 Å². The van der Waals surface area contributed by atoms with E-state index in [1.165, 1.54) is 6.92 Å². The Hall–Kier alpha value is -3.68. The largest absolute Gasteiger partial charge is 0.496 e. The Morgan fingerprint density at radius 3 is 2.33 bits per heavy atom. The molecule has 0 N–H and O–H groups in total. The van der Waals surface area contributed by atoms with Crippen molar-refractivity contribution in [2.24, 2.45) is 5.10 Å². The van der Waals surface area contributed by atoms with Gasteiger partial charge in [-0.25, -0.2) is 4.68 Å². The smallest absolute Gasteiger partial charge is 0.161 e. The third-order valence-corrected chi connectivity index (χ3v) is 4.54. The Morgan fingerprint density at radius 1 is 1.00 bits per heavy atom. The first-order chi connectivity index (χ1) is 14.4. The molecular weight excluding hydrogens is 384 g/mol. The standard InChI is InChI=1S/C22H24N4O4/c1-14(27)18-7-8-19(21(11-18)28-4)13-30-20-9-6-17(10-22(20)29-5)12-23-26-15(2)24-25-16(26)3/h6-12H,13H2,1-5H3/b23-12+. The fourth-order valence-corrected chi connectivity index (χ4v) is 2.88. The molecule has 30 heavy (non-hydrogen) atoms. The molecule has 0 spiro atoms. The summed E-state index contributed by atoms with van der Waals surface area (Å²) in [5.41, 5.74) is 2.26. The van der Waals surface area contributed by atoms with Crippen LogP contribution in [0.3, 0.4) is 0 Å². The predicted octanol–water partition coefficient (Wildman–Crippen LogP) is 3.58. The minimum absolute atomic E-state index is 0.0171. The van der Waals surface area contributed by atoms with Crippen LogP contribution in [0.2, 0.25) is 0 Å². The zero-order valence-electron chi connectivity index (χ0n) is 17.7. The van der Waals surface area contributed by atoms with E-state index in [9.17, 15) is 4.79 Å². The maximum atomic E-state index is 11.6.